The fourth-order valence-corrected chi connectivity index (χ4v) is 6.87. The molecule has 1 aliphatic heterocycles. The predicted octanol–water partition coefficient (Wildman–Crippen LogP) is 1.14. The second-order valence-electron chi connectivity index (χ2n) is 7.05. The van der Waals surface area contributed by atoms with E-state index in [9.17, 15) is 29.3 Å². The van der Waals surface area contributed by atoms with E-state index in [1.165, 1.54) is 0 Å². The van der Waals surface area contributed by atoms with Gasteiger partial charge in [0.25, 0.3) is 0 Å². The molecule has 0 amide bonds. The molecule has 11 nitrogen and oxygen atoms in total. The van der Waals surface area contributed by atoms with E-state index >= 15 is 0 Å². The van der Waals surface area contributed by atoms with Gasteiger partial charge in [-0.3, -0.25) is 29.3 Å². The molecule has 1 fully saturated rings. The lowest BCUT2D eigenvalue weighted by Crippen LogP contribution is -2.61. The lowest BCUT2D eigenvalue weighted by atomic mass is 10.0. The molecular weight excluding hydrogens is 445 g/mol. The van der Waals surface area contributed by atoms with E-state index in [-0.39, 0.29) is 0 Å². The lowest BCUT2D eigenvalue weighted by Gasteiger charge is -2.47. The number of ether oxygens (including phenoxy) is 4. The Kier molecular flexibility index (Phi) is 8.65. The highest BCUT2D eigenvalue weighted by Gasteiger charge is 2.59. The highest BCUT2D eigenvalue weighted by molar-refractivity contribution is 7.67. The molecule has 1 unspecified atom stereocenters. The van der Waals surface area contributed by atoms with Gasteiger partial charge in [0, 0.05) is 32.6 Å². The van der Waals surface area contributed by atoms with Crippen molar-refractivity contribution in [3.63, 3.8) is 0 Å². The monoisotopic (exact) mass is 469 g/mol. The zero-order valence-corrected chi connectivity index (χ0v) is 18.9. The Morgan fingerprint density at radius 2 is 1.28 bits per heavy atom. The van der Waals surface area contributed by atoms with Crippen LogP contribution in [0.4, 0.5) is 0 Å². The number of esters is 4. The first-order valence-corrected chi connectivity index (χ1v) is 11.1. The maximum absolute atomic E-state index is 12.0. The fraction of sp³-hybridized carbons (Fsp3) is 0.500. The SMILES string of the molecule is CC(=O)O[C@@H]1[C@@H](OC(C)=O)[C@@H](OC(C)=O)P(c2ccccc2)[C@H](C[N+](=O)[O-])[C@H]1OC(C)=O. The van der Waals surface area contributed by atoms with Crippen LogP contribution in [0, 0.1) is 10.1 Å². The molecule has 0 N–H and O–H groups in total. The van der Waals surface area contributed by atoms with E-state index < -0.39 is 73.1 Å². The summed E-state index contributed by atoms with van der Waals surface area (Å²) in [5, 5.41) is 12.2. The van der Waals surface area contributed by atoms with Crippen molar-refractivity contribution in [2.24, 2.45) is 0 Å². The van der Waals surface area contributed by atoms with Crippen LogP contribution < -0.4 is 5.30 Å². The third-order valence-corrected chi connectivity index (χ3v) is 7.54. The highest BCUT2D eigenvalue weighted by Crippen LogP contribution is 2.55. The van der Waals surface area contributed by atoms with Gasteiger partial charge in [0.15, 0.2) is 24.2 Å². The number of nitrogens with zero attached hydrogens (tertiary/aromatic N) is 1. The van der Waals surface area contributed by atoms with Gasteiger partial charge in [-0.15, -0.1) is 0 Å². The third-order valence-electron chi connectivity index (χ3n) is 4.52. The van der Waals surface area contributed by atoms with Crippen LogP contribution in [0.1, 0.15) is 27.7 Å². The van der Waals surface area contributed by atoms with E-state index in [0.717, 1.165) is 27.7 Å². The maximum atomic E-state index is 12.0. The van der Waals surface area contributed by atoms with Gasteiger partial charge in [-0.25, -0.2) is 0 Å². The minimum Gasteiger partial charge on any atom is -0.457 e. The first kappa shape index (κ1) is 25.2. The Bertz CT molecular complexity index is 832. The normalized spacial score (nSPS) is 27.0. The molecule has 0 radical (unpaired) electrons. The van der Waals surface area contributed by atoms with Crippen molar-refractivity contribution in [1.82, 2.24) is 0 Å². The van der Waals surface area contributed by atoms with Crippen LogP contribution in [-0.2, 0) is 38.1 Å². The van der Waals surface area contributed by atoms with Crippen LogP contribution in [0.2, 0.25) is 0 Å². The van der Waals surface area contributed by atoms with Crippen LogP contribution in [0.15, 0.2) is 30.3 Å². The molecule has 1 aliphatic rings. The highest BCUT2D eigenvalue weighted by atomic mass is 31.1. The summed E-state index contributed by atoms with van der Waals surface area (Å²) in [6.07, 6.45) is -4.08. The number of hydrogen-bond donors (Lipinski definition) is 0. The standard InChI is InChI=1S/C20H24NO10P/c1-11(22)28-17-16(10-21(26)27)32(15-8-6-5-7-9-15)20(31-14(4)25)19(30-13(3)24)18(17)29-12(2)23/h5-9,16-20H,10H2,1-4H3/t16-,17-,18+,19-,20+,32?/m1/s1. The predicted molar refractivity (Wildman–Crippen MR) is 111 cm³/mol. The molecule has 1 aromatic rings. The average Bonchev–Trinajstić information content (AvgIpc) is 2.66. The van der Waals surface area contributed by atoms with Crippen LogP contribution >= 0.6 is 7.92 Å². The average molecular weight is 469 g/mol. The molecule has 12 heteroatoms. The minimum absolute atomic E-state index is 0.582. The summed E-state index contributed by atoms with van der Waals surface area (Å²) in [6, 6.07) is 8.52. The molecule has 0 aliphatic carbocycles. The van der Waals surface area contributed by atoms with Crippen molar-refractivity contribution in [2.75, 3.05) is 6.54 Å². The second-order valence-corrected chi connectivity index (χ2v) is 9.55. The van der Waals surface area contributed by atoms with Crippen molar-refractivity contribution in [2.45, 2.75) is 57.5 Å². The smallest absolute Gasteiger partial charge is 0.303 e. The van der Waals surface area contributed by atoms with Crippen LogP contribution in [-0.4, -0.2) is 65.2 Å². The molecule has 2 rings (SSSR count). The number of hydrogen-bond acceptors (Lipinski definition) is 10. The van der Waals surface area contributed by atoms with Gasteiger partial charge in [0.2, 0.25) is 6.54 Å². The van der Waals surface area contributed by atoms with Crippen molar-refractivity contribution in [3.8, 4) is 0 Å². The van der Waals surface area contributed by atoms with E-state index in [1.54, 1.807) is 30.3 Å². The molecule has 6 atom stereocenters. The van der Waals surface area contributed by atoms with Gasteiger partial charge in [-0.1, -0.05) is 30.3 Å². The molecule has 0 aromatic heterocycles. The summed E-state index contributed by atoms with van der Waals surface area (Å²) in [4.78, 5) is 58.6. The minimum atomic E-state index is -1.78. The summed E-state index contributed by atoms with van der Waals surface area (Å²) in [6.45, 7) is 3.79. The molecule has 1 heterocycles. The number of benzene rings is 1. The van der Waals surface area contributed by atoms with Crippen molar-refractivity contribution in [3.05, 3.63) is 40.4 Å². The van der Waals surface area contributed by atoms with Gasteiger partial charge >= 0.3 is 23.9 Å². The largest absolute Gasteiger partial charge is 0.457 e. The molecule has 0 spiro atoms. The summed E-state index contributed by atoms with van der Waals surface area (Å²) in [5.74, 6) is -4.23. The molecule has 0 saturated carbocycles. The van der Waals surface area contributed by atoms with Gasteiger partial charge in [0.05, 0.1) is 5.66 Å². The Balaban J connectivity index is 2.75. The van der Waals surface area contributed by atoms with E-state index in [4.69, 9.17) is 18.9 Å². The van der Waals surface area contributed by atoms with Crippen molar-refractivity contribution < 1.29 is 43.0 Å². The Hall–Kier alpha value is -3.07. The number of nitro groups is 1. The molecule has 1 saturated heterocycles. The van der Waals surface area contributed by atoms with E-state index in [0.29, 0.717) is 5.30 Å². The lowest BCUT2D eigenvalue weighted by molar-refractivity contribution is -0.481. The van der Waals surface area contributed by atoms with Gasteiger partial charge in [-0.05, 0) is 13.2 Å². The topological polar surface area (TPSA) is 148 Å². The quantitative estimate of drug-likeness (QED) is 0.187. The van der Waals surface area contributed by atoms with E-state index in [2.05, 4.69) is 0 Å². The summed E-state index contributed by atoms with van der Waals surface area (Å²) in [5.41, 5.74) is -1.01. The number of carbonyl (C=O) groups is 4. The summed E-state index contributed by atoms with van der Waals surface area (Å²) >= 11 is 0. The van der Waals surface area contributed by atoms with E-state index in [1.807, 2.05) is 0 Å². The Labute approximate surface area is 185 Å². The summed E-state index contributed by atoms with van der Waals surface area (Å²) in [7, 11) is -1.78. The van der Waals surface area contributed by atoms with Crippen LogP contribution in [0.5, 0.6) is 0 Å². The molecule has 0 bridgehead atoms. The second kappa shape index (κ2) is 11.0. The fourth-order valence-electron chi connectivity index (χ4n) is 3.63. The van der Waals surface area contributed by atoms with Crippen molar-refractivity contribution in [1.29, 1.82) is 0 Å². The zero-order chi connectivity index (χ0) is 24.0. The molecule has 32 heavy (non-hydrogen) atoms. The zero-order valence-electron chi connectivity index (χ0n) is 18.0. The summed E-state index contributed by atoms with van der Waals surface area (Å²) < 4.78 is 21.6. The van der Waals surface area contributed by atoms with Crippen LogP contribution in [0.25, 0.3) is 0 Å². The number of carbonyl (C=O) groups excluding carboxylic acids is 4. The Morgan fingerprint density at radius 1 is 0.812 bits per heavy atom. The molecular formula is C20H24NO10P. The van der Waals surface area contributed by atoms with Gasteiger partial charge in [0.1, 0.15) is 0 Å². The first-order chi connectivity index (χ1) is 15.0. The molecule has 1 aromatic carbocycles. The van der Waals surface area contributed by atoms with Gasteiger partial charge < -0.3 is 18.9 Å². The van der Waals surface area contributed by atoms with Gasteiger partial charge in [-0.2, -0.15) is 0 Å². The maximum Gasteiger partial charge on any atom is 0.303 e. The third kappa shape index (κ3) is 6.46. The van der Waals surface area contributed by atoms with Crippen molar-refractivity contribution >= 4 is 37.1 Å². The Morgan fingerprint density at radius 3 is 1.75 bits per heavy atom. The number of rotatable bonds is 7. The van der Waals surface area contributed by atoms with Crippen LogP contribution in [0.3, 0.4) is 0 Å². The first-order valence-electron chi connectivity index (χ1n) is 9.65. The molecule has 174 valence electrons.